The summed E-state index contributed by atoms with van der Waals surface area (Å²) >= 11 is 0. The van der Waals surface area contributed by atoms with Crippen LogP contribution < -0.4 is 0 Å². The van der Waals surface area contributed by atoms with Crippen LogP contribution in [0.1, 0.15) is 40.0 Å². The van der Waals surface area contributed by atoms with Gasteiger partial charge < -0.3 is 9.47 Å². The molecule has 13 heavy (non-hydrogen) atoms. The Bertz CT molecular complexity index is 175. The number of unbranched alkanes of at least 4 members (excludes halogenated alkanes) is 1. The quantitative estimate of drug-likeness (QED) is 0.625. The molecular weight excluding hydrogens is 164 g/mol. The first-order valence-electron chi connectivity index (χ1n) is 5.19. The Balaban J connectivity index is 2.24. The lowest BCUT2D eigenvalue weighted by atomic mass is 10.1. The minimum absolute atomic E-state index is 0.00782. The van der Waals surface area contributed by atoms with Crippen LogP contribution in [0, 0.1) is 5.92 Å². The van der Waals surface area contributed by atoms with Gasteiger partial charge >= 0.3 is 0 Å². The highest BCUT2D eigenvalue weighted by Crippen LogP contribution is 2.22. The van der Waals surface area contributed by atoms with E-state index in [0.717, 1.165) is 25.2 Å². The van der Waals surface area contributed by atoms with Crippen molar-refractivity contribution in [3.63, 3.8) is 0 Å². The van der Waals surface area contributed by atoms with Gasteiger partial charge in [0.25, 0.3) is 0 Å². The molecule has 0 N–H and O–H groups in total. The van der Waals surface area contributed by atoms with Crippen LogP contribution in [0.25, 0.3) is 0 Å². The van der Waals surface area contributed by atoms with Crippen molar-refractivity contribution >= 4 is 0 Å². The van der Waals surface area contributed by atoms with Crippen molar-refractivity contribution in [1.29, 1.82) is 0 Å². The van der Waals surface area contributed by atoms with Crippen LogP contribution in [0.5, 0.6) is 0 Å². The smallest absolute Gasteiger partial charge is 0.199 e. The Hall–Kier alpha value is -0.500. The lowest BCUT2D eigenvalue weighted by Gasteiger charge is -2.26. The maximum atomic E-state index is 5.60. The van der Waals surface area contributed by atoms with Crippen molar-refractivity contribution in [1.82, 2.24) is 0 Å². The number of ether oxygens (including phenoxy) is 2. The molecule has 0 fully saturated rings. The molecule has 0 aliphatic carbocycles. The molecular formula is C11H20O2. The van der Waals surface area contributed by atoms with Crippen LogP contribution in [0.2, 0.25) is 0 Å². The average molecular weight is 184 g/mol. The van der Waals surface area contributed by atoms with Crippen LogP contribution in [0.3, 0.4) is 0 Å². The van der Waals surface area contributed by atoms with Crippen molar-refractivity contribution in [2.45, 2.75) is 46.3 Å². The van der Waals surface area contributed by atoms with Crippen molar-refractivity contribution < 1.29 is 9.47 Å². The van der Waals surface area contributed by atoms with Gasteiger partial charge in [0, 0.05) is 6.42 Å². The Labute approximate surface area is 80.9 Å². The highest BCUT2D eigenvalue weighted by atomic mass is 16.7. The average Bonchev–Trinajstić information content (AvgIpc) is 2.03. The van der Waals surface area contributed by atoms with Gasteiger partial charge in [-0.25, -0.2) is 0 Å². The molecule has 1 heterocycles. The summed E-state index contributed by atoms with van der Waals surface area (Å²) in [6.45, 7) is 7.17. The zero-order valence-electron chi connectivity index (χ0n) is 8.88. The fourth-order valence-electron chi connectivity index (χ4n) is 1.53. The molecule has 2 nitrogen and oxygen atoms in total. The summed E-state index contributed by atoms with van der Waals surface area (Å²) in [5.74, 6) is 1.58. The number of allylic oxidation sites excluding steroid dienone is 2. The molecule has 0 bridgehead atoms. The van der Waals surface area contributed by atoms with E-state index in [1.807, 2.05) is 6.92 Å². The van der Waals surface area contributed by atoms with Gasteiger partial charge in [0.1, 0.15) is 0 Å². The second-order valence-electron chi connectivity index (χ2n) is 3.76. The summed E-state index contributed by atoms with van der Waals surface area (Å²) in [5, 5.41) is 0. The van der Waals surface area contributed by atoms with Gasteiger partial charge in [-0.05, 0) is 25.3 Å². The summed E-state index contributed by atoms with van der Waals surface area (Å²) in [5.41, 5.74) is 0. The van der Waals surface area contributed by atoms with Crippen molar-refractivity contribution in [3.05, 3.63) is 11.8 Å². The molecule has 1 rings (SSSR count). The number of hydrogen-bond acceptors (Lipinski definition) is 2. The van der Waals surface area contributed by atoms with Gasteiger partial charge in [0.15, 0.2) is 6.29 Å². The van der Waals surface area contributed by atoms with Crippen LogP contribution in [-0.4, -0.2) is 12.9 Å². The van der Waals surface area contributed by atoms with Crippen LogP contribution >= 0.6 is 0 Å². The first kappa shape index (κ1) is 10.6. The summed E-state index contributed by atoms with van der Waals surface area (Å²) < 4.78 is 11.1. The van der Waals surface area contributed by atoms with E-state index >= 15 is 0 Å². The molecule has 0 aromatic carbocycles. The second kappa shape index (κ2) is 5.28. The number of hydrogen-bond donors (Lipinski definition) is 0. The minimum Gasteiger partial charge on any atom is -0.470 e. The van der Waals surface area contributed by atoms with Crippen LogP contribution in [0.4, 0.5) is 0 Å². The van der Waals surface area contributed by atoms with E-state index in [1.54, 1.807) is 0 Å². The summed E-state index contributed by atoms with van der Waals surface area (Å²) in [7, 11) is 0. The molecule has 2 heteroatoms. The highest BCUT2D eigenvalue weighted by molar-refractivity contribution is 4.96. The third-order valence-electron chi connectivity index (χ3n) is 2.20. The van der Waals surface area contributed by atoms with E-state index in [0.29, 0.717) is 5.92 Å². The van der Waals surface area contributed by atoms with E-state index in [2.05, 4.69) is 19.9 Å². The fourth-order valence-corrected chi connectivity index (χ4v) is 1.53. The molecule has 0 saturated carbocycles. The largest absolute Gasteiger partial charge is 0.470 e. The predicted molar refractivity (Wildman–Crippen MR) is 53.3 cm³/mol. The Morgan fingerprint density at radius 2 is 2.38 bits per heavy atom. The summed E-state index contributed by atoms with van der Waals surface area (Å²) in [6, 6.07) is 0. The molecule has 2 atom stereocenters. The van der Waals surface area contributed by atoms with Crippen LogP contribution in [-0.2, 0) is 9.47 Å². The first-order chi connectivity index (χ1) is 6.22. The van der Waals surface area contributed by atoms with Gasteiger partial charge in [-0.2, -0.15) is 0 Å². The van der Waals surface area contributed by atoms with E-state index < -0.39 is 0 Å². The summed E-state index contributed by atoms with van der Waals surface area (Å²) in [6.07, 6.45) is 5.43. The topological polar surface area (TPSA) is 18.5 Å². The zero-order valence-corrected chi connectivity index (χ0v) is 8.88. The molecule has 0 radical (unpaired) electrons. The lowest BCUT2D eigenvalue weighted by molar-refractivity contribution is -0.132. The van der Waals surface area contributed by atoms with Gasteiger partial charge in [-0.3, -0.25) is 0 Å². The molecule has 0 aromatic rings. The highest BCUT2D eigenvalue weighted by Gasteiger charge is 2.18. The maximum absolute atomic E-state index is 5.60. The van der Waals surface area contributed by atoms with Gasteiger partial charge in [0.05, 0.1) is 12.4 Å². The monoisotopic (exact) mass is 184 g/mol. The molecule has 76 valence electrons. The molecule has 1 aliphatic rings. The molecule has 0 aromatic heterocycles. The molecule has 0 saturated heterocycles. The van der Waals surface area contributed by atoms with E-state index in [-0.39, 0.29) is 6.29 Å². The Morgan fingerprint density at radius 1 is 1.62 bits per heavy atom. The normalized spacial score (nSPS) is 28.1. The third-order valence-corrected chi connectivity index (χ3v) is 2.20. The molecule has 0 amide bonds. The van der Waals surface area contributed by atoms with Crippen molar-refractivity contribution in [2.75, 3.05) is 6.61 Å². The summed E-state index contributed by atoms with van der Waals surface area (Å²) in [4.78, 5) is 0. The Kier molecular flexibility index (Phi) is 4.29. The zero-order chi connectivity index (χ0) is 9.68. The van der Waals surface area contributed by atoms with Crippen LogP contribution in [0.15, 0.2) is 11.8 Å². The Morgan fingerprint density at radius 3 is 3.00 bits per heavy atom. The second-order valence-corrected chi connectivity index (χ2v) is 3.76. The van der Waals surface area contributed by atoms with Crippen molar-refractivity contribution in [3.8, 4) is 0 Å². The maximum Gasteiger partial charge on any atom is 0.199 e. The number of rotatable bonds is 4. The molecule has 2 unspecified atom stereocenters. The minimum atomic E-state index is -0.00782. The molecule has 0 spiro atoms. The van der Waals surface area contributed by atoms with E-state index in [9.17, 15) is 0 Å². The fraction of sp³-hybridized carbons (Fsp3) is 0.818. The SMILES string of the molecule is CCCCOC1CC(C)C=C(C)O1. The lowest BCUT2D eigenvalue weighted by Crippen LogP contribution is -2.23. The predicted octanol–water partition coefficient (Wildman–Crippen LogP) is 3.09. The van der Waals surface area contributed by atoms with Gasteiger partial charge in [0.2, 0.25) is 0 Å². The molecule has 1 aliphatic heterocycles. The van der Waals surface area contributed by atoms with Gasteiger partial charge in [-0.15, -0.1) is 0 Å². The standard InChI is InChI=1S/C11H20O2/c1-4-5-6-12-11-8-9(2)7-10(3)13-11/h7,9,11H,4-6,8H2,1-3H3. The van der Waals surface area contributed by atoms with Gasteiger partial charge in [-0.1, -0.05) is 20.3 Å². The van der Waals surface area contributed by atoms with E-state index in [1.165, 1.54) is 6.42 Å². The first-order valence-corrected chi connectivity index (χ1v) is 5.19. The van der Waals surface area contributed by atoms with Crippen molar-refractivity contribution in [2.24, 2.45) is 5.92 Å². The third kappa shape index (κ3) is 3.81. The van der Waals surface area contributed by atoms with E-state index in [4.69, 9.17) is 9.47 Å².